The van der Waals surface area contributed by atoms with Crippen molar-refractivity contribution in [2.45, 2.75) is 18.9 Å². The van der Waals surface area contributed by atoms with Crippen molar-refractivity contribution >= 4 is 17.8 Å². The van der Waals surface area contributed by atoms with Crippen LogP contribution in [0.25, 0.3) is 11.3 Å². The van der Waals surface area contributed by atoms with Gasteiger partial charge in [0.25, 0.3) is 5.91 Å². The highest BCUT2D eigenvalue weighted by Crippen LogP contribution is 2.29. The third-order valence-electron chi connectivity index (χ3n) is 5.19. The Kier molecular flexibility index (Phi) is 4.72. The summed E-state index contributed by atoms with van der Waals surface area (Å²) in [6, 6.07) is 8.68. The first-order valence-corrected chi connectivity index (χ1v) is 9.16. The van der Waals surface area contributed by atoms with E-state index in [1.807, 2.05) is 24.3 Å². The minimum Gasteiger partial charge on any atom is -0.496 e. The van der Waals surface area contributed by atoms with Crippen LogP contribution in [0.1, 0.15) is 23.3 Å². The molecule has 0 saturated carbocycles. The van der Waals surface area contributed by atoms with Gasteiger partial charge in [0.15, 0.2) is 0 Å². The van der Waals surface area contributed by atoms with Gasteiger partial charge in [-0.15, -0.1) is 0 Å². The average molecular weight is 383 g/mol. The highest BCUT2D eigenvalue weighted by Gasteiger charge is 2.37. The van der Waals surface area contributed by atoms with Crippen LogP contribution in [0.15, 0.2) is 30.3 Å². The summed E-state index contributed by atoms with van der Waals surface area (Å²) < 4.78 is 5.35. The van der Waals surface area contributed by atoms with Crippen LogP contribution in [-0.2, 0) is 4.79 Å². The number of aromatic nitrogens is 2. The first kappa shape index (κ1) is 18.0. The van der Waals surface area contributed by atoms with Crippen molar-refractivity contribution in [2.75, 3.05) is 26.7 Å². The third kappa shape index (κ3) is 3.19. The Bertz CT molecular complexity index is 901. The fourth-order valence-electron chi connectivity index (χ4n) is 3.73. The van der Waals surface area contributed by atoms with Crippen LogP contribution in [0.5, 0.6) is 5.75 Å². The molecule has 9 heteroatoms. The first-order valence-electron chi connectivity index (χ1n) is 9.16. The van der Waals surface area contributed by atoms with Gasteiger partial charge in [-0.1, -0.05) is 12.1 Å². The van der Waals surface area contributed by atoms with E-state index >= 15 is 0 Å². The zero-order valence-electron chi connectivity index (χ0n) is 15.5. The molecule has 1 aromatic carbocycles. The number of carbonyl (C=O) groups excluding carboxylic acids is 3. The lowest BCUT2D eigenvalue weighted by Crippen LogP contribution is -2.49. The van der Waals surface area contributed by atoms with Crippen LogP contribution < -0.4 is 10.1 Å². The number of piperidine rings is 1. The smallest absolute Gasteiger partial charge is 0.324 e. The molecule has 9 nitrogen and oxygen atoms in total. The number of nitrogens with zero attached hydrogens (tertiary/aromatic N) is 3. The Labute approximate surface area is 161 Å². The third-order valence-corrected chi connectivity index (χ3v) is 5.19. The molecule has 2 saturated heterocycles. The van der Waals surface area contributed by atoms with Gasteiger partial charge in [0.1, 0.15) is 11.4 Å². The van der Waals surface area contributed by atoms with Crippen molar-refractivity contribution in [2.24, 2.45) is 0 Å². The number of imide groups is 1. The van der Waals surface area contributed by atoms with Gasteiger partial charge < -0.3 is 15.0 Å². The quantitative estimate of drug-likeness (QED) is 0.773. The van der Waals surface area contributed by atoms with Crippen LogP contribution >= 0.6 is 0 Å². The van der Waals surface area contributed by atoms with Gasteiger partial charge in [0.2, 0.25) is 5.91 Å². The summed E-state index contributed by atoms with van der Waals surface area (Å²) in [5.74, 6) is 0.330. The molecular weight excluding hydrogens is 362 g/mol. The van der Waals surface area contributed by atoms with Crippen molar-refractivity contribution in [3.63, 3.8) is 0 Å². The molecule has 2 aromatic rings. The second-order valence-electron chi connectivity index (χ2n) is 6.81. The molecular formula is C19H21N5O4. The number of carbonyl (C=O) groups is 3. The molecule has 1 aromatic heterocycles. The lowest BCUT2D eigenvalue weighted by atomic mass is 10.0. The first-order chi connectivity index (χ1) is 13.6. The molecule has 0 atom stereocenters. The fraction of sp³-hybridized carbons (Fsp3) is 0.368. The van der Waals surface area contributed by atoms with Crippen LogP contribution in [0.2, 0.25) is 0 Å². The number of likely N-dealkylation sites (tertiary alicyclic amines) is 1. The van der Waals surface area contributed by atoms with Gasteiger partial charge in [0, 0.05) is 24.7 Å². The Morgan fingerprint density at radius 2 is 1.96 bits per heavy atom. The summed E-state index contributed by atoms with van der Waals surface area (Å²) in [5, 5.41) is 9.60. The number of hydrogen-bond acceptors (Lipinski definition) is 5. The van der Waals surface area contributed by atoms with E-state index in [9.17, 15) is 14.4 Å². The average Bonchev–Trinajstić information content (AvgIpc) is 3.34. The molecule has 0 radical (unpaired) electrons. The number of methoxy groups -OCH3 is 1. The van der Waals surface area contributed by atoms with E-state index in [2.05, 4.69) is 15.5 Å². The Morgan fingerprint density at radius 3 is 2.64 bits per heavy atom. The van der Waals surface area contributed by atoms with Gasteiger partial charge in [0.05, 0.1) is 19.3 Å². The van der Waals surface area contributed by atoms with E-state index in [0.29, 0.717) is 43.1 Å². The number of hydrogen-bond donors (Lipinski definition) is 2. The topological polar surface area (TPSA) is 108 Å². The largest absolute Gasteiger partial charge is 0.496 e. The number of nitrogens with one attached hydrogen (secondary N) is 2. The molecule has 0 bridgehead atoms. The standard InChI is InChI=1S/C19H21N5O4/c1-28-16-5-3-2-4-13(16)14-10-15(22-21-14)18(26)23-8-6-12(7-9-23)24-17(25)11-20-19(24)27/h2-5,10,12H,6-9,11H2,1H3,(H,20,27)(H,21,22). The van der Waals surface area contributed by atoms with Gasteiger partial charge >= 0.3 is 6.03 Å². The van der Waals surface area contributed by atoms with E-state index < -0.39 is 0 Å². The Morgan fingerprint density at radius 1 is 1.21 bits per heavy atom. The van der Waals surface area contributed by atoms with Crippen LogP contribution in [0, 0.1) is 0 Å². The number of para-hydroxylation sites is 1. The number of H-pyrrole nitrogens is 1. The van der Waals surface area contributed by atoms with Crippen LogP contribution in [0.3, 0.4) is 0 Å². The maximum Gasteiger partial charge on any atom is 0.324 e. The molecule has 146 valence electrons. The molecule has 2 fully saturated rings. The number of ether oxygens (including phenoxy) is 1. The van der Waals surface area contributed by atoms with Crippen LogP contribution in [-0.4, -0.2) is 70.6 Å². The monoisotopic (exact) mass is 383 g/mol. The molecule has 28 heavy (non-hydrogen) atoms. The Balaban J connectivity index is 1.43. The van der Waals surface area contributed by atoms with Gasteiger partial charge in [-0.25, -0.2) is 4.79 Å². The van der Waals surface area contributed by atoms with Crippen molar-refractivity contribution < 1.29 is 19.1 Å². The molecule has 2 N–H and O–H groups in total. The predicted octanol–water partition coefficient (Wildman–Crippen LogP) is 1.24. The fourth-order valence-corrected chi connectivity index (χ4v) is 3.73. The minimum absolute atomic E-state index is 0.0534. The number of aromatic amines is 1. The summed E-state index contributed by atoms with van der Waals surface area (Å²) in [7, 11) is 1.59. The molecule has 2 aliphatic heterocycles. The number of rotatable bonds is 4. The molecule has 4 rings (SSSR count). The van der Waals surface area contributed by atoms with Crippen molar-refractivity contribution in [3.05, 3.63) is 36.0 Å². The van der Waals surface area contributed by atoms with E-state index in [1.165, 1.54) is 4.90 Å². The summed E-state index contributed by atoms with van der Waals surface area (Å²) in [5.41, 5.74) is 1.84. The minimum atomic E-state index is -0.343. The van der Waals surface area contributed by atoms with E-state index in [1.54, 1.807) is 18.1 Å². The van der Waals surface area contributed by atoms with E-state index in [4.69, 9.17) is 4.74 Å². The maximum atomic E-state index is 12.8. The molecule has 4 amide bonds. The second kappa shape index (κ2) is 7.34. The summed E-state index contributed by atoms with van der Waals surface area (Å²) >= 11 is 0. The lowest BCUT2D eigenvalue weighted by molar-refractivity contribution is -0.127. The molecule has 0 aliphatic carbocycles. The lowest BCUT2D eigenvalue weighted by Gasteiger charge is -2.35. The predicted molar refractivity (Wildman–Crippen MR) is 99.7 cm³/mol. The van der Waals surface area contributed by atoms with Crippen molar-refractivity contribution in [3.8, 4) is 17.0 Å². The van der Waals surface area contributed by atoms with Crippen molar-refractivity contribution in [1.29, 1.82) is 0 Å². The van der Waals surface area contributed by atoms with Crippen molar-refractivity contribution in [1.82, 2.24) is 25.3 Å². The molecule has 2 aliphatic rings. The second-order valence-corrected chi connectivity index (χ2v) is 6.81. The summed E-state index contributed by atoms with van der Waals surface area (Å²) in [6.07, 6.45) is 1.14. The number of amides is 4. The SMILES string of the molecule is COc1ccccc1-c1cc(C(=O)N2CCC(N3C(=O)CNC3=O)CC2)[nH]n1. The summed E-state index contributed by atoms with van der Waals surface area (Å²) in [4.78, 5) is 39.5. The Hall–Kier alpha value is -3.36. The van der Waals surface area contributed by atoms with E-state index in [0.717, 1.165) is 5.56 Å². The van der Waals surface area contributed by atoms with Gasteiger partial charge in [-0.05, 0) is 31.0 Å². The van der Waals surface area contributed by atoms with Crippen LogP contribution in [0.4, 0.5) is 4.79 Å². The maximum absolute atomic E-state index is 12.8. The molecule has 0 spiro atoms. The number of urea groups is 1. The van der Waals surface area contributed by atoms with E-state index in [-0.39, 0.29) is 30.4 Å². The molecule has 3 heterocycles. The number of benzene rings is 1. The van der Waals surface area contributed by atoms with Gasteiger partial charge in [-0.3, -0.25) is 19.6 Å². The highest BCUT2D eigenvalue weighted by atomic mass is 16.5. The zero-order valence-corrected chi connectivity index (χ0v) is 15.5. The highest BCUT2D eigenvalue weighted by molar-refractivity contribution is 6.02. The summed E-state index contributed by atoms with van der Waals surface area (Å²) in [6.45, 7) is 1.00. The zero-order chi connectivity index (χ0) is 19.7. The van der Waals surface area contributed by atoms with Gasteiger partial charge in [-0.2, -0.15) is 5.10 Å². The molecule has 0 unspecified atom stereocenters. The normalized spacial score (nSPS) is 17.8.